The van der Waals surface area contributed by atoms with E-state index in [1.807, 2.05) is 24.3 Å². The molecule has 0 aromatic heterocycles. The summed E-state index contributed by atoms with van der Waals surface area (Å²) in [5.41, 5.74) is 4.60. The largest absolute Gasteiger partial charge is 0.480 e. The minimum Gasteiger partial charge on any atom is -0.480 e. The Balaban J connectivity index is 1.40. The van der Waals surface area contributed by atoms with Crippen LogP contribution >= 0.6 is 0 Å². The molecule has 2 N–H and O–H groups in total. The lowest BCUT2D eigenvalue weighted by Gasteiger charge is -2.18. The lowest BCUT2D eigenvalue weighted by molar-refractivity contribution is -0.146. The number of likely N-dealkylation sites (N-methyl/N-ethyl adjacent to an activating group) is 1. The summed E-state index contributed by atoms with van der Waals surface area (Å²) in [6.07, 6.45) is -0.558. The van der Waals surface area contributed by atoms with Gasteiger partial charge in [-0.3, -0.25) is 9.59 Å². The first kappa shape index (κ1) is 22.3. The smallest absolute Gasteiger partial charge is 0.407 e. The summed E-state index contributed by atoms with van der Waals surface area (Å²) >= 11 is 0. The van der Waals surface area contributed by atoms with E-state index in [9.17, 15) is 14.4 Å². The van der Waals surface area contributed by atoms with Crippen molar-refractivity contribution in [2.45, 2.75) is 12.8 Å². The summed E-state index contributed by atoms with van der Waals surface area (Å²) in [6.45, 7) is 1.88. The summed E-state index contributed by atoms with van der Waals surface area (Å²) in [6, 6.07) is 16.2. The Morgan fingerprint density at radius 3 is 2.23 bits per heavy atom. The van der Waals surface area contributed by atoms with Crippen molar-refractivity contribution < 1.29 is 29.0 Å². The van der Waals surface area contributed by atoms with E-state index in [4.69, 9.17) is 14.6 Å². The second kappa shape index (κ2) is 10.6. The van der Waals surface area contributed by atoms with Crippen LogP contribution in [0.15, 0.2) is 48.5 Å². The van der Waals surface area contributed by atoms with E-state index in [-0.39, 0.29) is 45.4 Å². The van der Waals surface area contributed by atoms with Crippen molar-refractivity contribution in [3.63, 3.8) is 0 Å². The molecule has 2 aromatic carbocycles. The van der Waals surface area contributed by atoms with Crippen LogP contribution < -0.4 is 5.32 Å². The predicted molar refractivity (Wildman–Crippen MR) is 114 cm³/mol. The molecule has 0 saturated carbocycles. The molecule has 2 amide bonds. The second-order valence-corrected chi connectivity index (χ2v) is 7.11. The Morgan fingerprint density at radius 2 is 1.65 bits per heavy atom. The van der Waals surface area contributed by atoms with E-state index in [1.54, 1.807) is 6.92 Å². The molecule has 0 fully saturated rings. The topological polar surface area (TPSA) is 105 Å². The Hall–Kier alpha value is -3.39. The first-order valence-corrected chi connectivity index (χ1v) is 10.2. The minimum absolute atomic E-state index is 0.0127. The highest BCUT2D eigenvalue weighted by atomic mass is 16.5. The zero-order chi connectivity index (χ0) is 22.2. The van der Waals surface area contributed by atoms with Gasteiger partial charge in [0.15, 0.2) is 0 Å². The van der Waals surface area contributed by atoms with Crippen molar-refractivity contribution in [3.8, 4) is 11.1 Å². The van der Waals surface area contributed by atoms with Crippen molar-refractivity contribution in [2.75, 3.05) is 39.5 Å². The number of fused-ring (bicyclic) bond motifs is 3. The van der Waals surface area contributed by atoms with Crippen LogP contribution in [0.1, 0.15) is 24.0 Å². The van der Waals surface area contributed by atoms with Crippen LogP contribution in [0.3, 0.4) is 0 Å². The highest BCUT2D eigenvalue weighted by Crippen LogP contribution is 2.44. The maximum Gasteiger partial charge on any atom is 0.407 e. The summed E-state index contributed by atoms with van der Waals surface area (Å²) in [5, 5.41) is 11.4. The highest BCUT2D eigenvalue weighted by Gasteiger charge is 2.28. The normalized spacial score (nSPS) is 12.0. The standard InChI is InChI=1S/C23H26N2O6/c1-2-25(13-22(27)28)21(26)15-30-12-11-24-23(29)31-14-20-18-9-5-3-7-16(18)17-8-4-6-10-19(17)20/h3-10,20H,2,11-15H2,1H3,(H,24,29)(H,27,28). The van der Waals surface area contributed by atoms with Crippen molar-refractivity contribution >= 4 is 18.0 Å². The molecule has 0 unspecified atom stereocenters. The molecule has 1 aliphatic rings. The number of ether oxygens (including phenoxy) is 2. The Bertz CT molecular complexity index is 900. The third-order valence-corrected chi connectivity index (χ3v) is 5.15. The molecule has 1 aliphatic carbocycles. The van der Waals surface area contributed by atoms with Gasteiger partial charge in [0, 0.05) is 19.0 Å². The number of hydrogen-bond donors (Lipinski definition) is 2. The molecule has 0 saturated heterocycles. The van der Waals surface area contributed by atoms with Crippen LogP contribution in [0.5, 0.6) is 0 Å². The summed E-state index contributed by atoms with van der Waals surface area (Å²) in [4.78, 5) is 35.9. The minimum atomic E-state index is -1.08. The van der Waals surface area contributed by atoms with Crippen molar-refractivity contribution in [1.29, 1.82) is 0 Å². The first-order chi connectivity index (χ1) is 15.0. The number of benzene rings is 2. The summed E-state index contributed by atoms with van der Waals surface area (Å²) in [5.74, 6) is -1.50. The van der Waals surface area contributed by atoms with Crippen molar-refractivity contribution in [2.24, 2.45) is 0 Å². The molecule has 0 heterocycles. The molecule has 0 radical (unpaired) electrons. The molecule has 0 aliphatic heterocycles. The van der Waals surface area contributed by atoms with E-state index in [0.29, 0.717) is 0 Å². The van der Waals surface area contributed by atoms with Gasteiger partial charge in [-0.15, -0.1) is 0 Å². The van der Waals surface area contributed by atoms with Crippen LogP contribution in [-0.2, 0) is 19.1 Å². The lowest BCUT2D eigenvalue weighted by atomic mass is 9.98. The third-order valence-electron chi connectivity index (χ3n) is 5.15. The fourth-order valence-corrected chi connectivity index (χ4v) is 3.67. The van der Waals surface area contributed by atoms with Crippen LogP contribution in [-0.4, -0.2) is 67.4 Å². The van der Waals surface area contributed by atoms with Crippen LogP contribution in [0, 0.1) is 0 Å². The Kier molecular flexibility index (Phi) is 7.61. The third kappa shape index (κ3) is 5.61. The number of carbonyl (C=O) groups is 3. The van der Waals surface area contributed by atoms with E-state index in [0.717, 1.165) is 22.3 Å². The van der Waals surface area contributed by atoms with Gasteiger partial charge in [-0.2, -0.15) is 0 Å². The summed E-state index contributed by atoms with van der Waals surface area (Å²) < 4.78 is 10.6. The average Bonchev–Trinajstić information content (AvgIpc) is 3.09. The molecule has 3 rings (SSSR count). The molecule has 164 valence electrons. The molecule has 0 bridgehead atoms. The molecule has 0 spiro atoms. The molecule has 8 nitrogen and oxygen atoms in total. The van der Waals surface area contributed by atoms with E-state index < -0.39 is 18.0 Å². The van der Waals surface area contributed by atoms with Crippen LogP contribution in [0.2, 0.25) is 0 Å². The van der Waals surface area contributed by atoms with Gasteiger partial charge in [0.25, 0.3) is 0 Å². The van der Waals surface area contributed by atoms with Crippen LogP contribution in [0.25, 0.3) is 11.1 Å². The van der Waals surface area contributed by atoms with Gasteiger partial charge in [0.2, 0.25) is 5.91 Å². The maximum atomic E-state index is 12.1. The number of carbonyl (C=O) groups excluding carboxylic acids is 2. The lowest BCUT2D eigenvalue weighted by Crippen LogP contribution is -2.38. The van der Waals surface area contributed by atoms with Gasteiger partial charge in [-0.1, -0.05) is 48.5 Å². The number of amides is 2. The van der Waals surface area contributed by atoms with Gasteiger partial charge in [0.1, 0.15) is 19.8 Å². The van der Waals surface area contributed by atoms with Gasteiger partial charge < -0.3 is 24.8 Å². The van der Waals surface area contributed by atoms with E-state index in [2.05, 4.69) is 29.6 Å². The Labute approximate surface area is 180 Å². The molecular weight excluding hydrogens is 400 g/mol. The molecule has 31 heavy (non-hydrogen) atoms. The van der Waals surface area contributed by atoms with Crippen molar-refractivity contribution in [3.05, 3.63) is 59.7 Å². The molecule has 8 heteroatoms. The SMILES string of the molecule is CCN(CC(=O)O)C(=O)COCCNC(=O)OCC1c2ccccc2-c2ccccc21. The predicted octanol–water partition coefficient (Wildman–Crippen LogP) is 2.47. The average molecular weight is 426 g/mol. The van der Waals surface area contributed by atoms with Gasteiger partial charge in [-0.25, -0.2) is 4.79 Å². The fraction of sp³-hybridized carbons (Fsp3) is 0.348. The number of carboxylic acid groups (broad SMARTS) is 1. The fourth-order valence-electron chi connectivity index (χ4n) is 3.67. The molecular formula is C23H26N2O6. The quantitative estimate of drug-likeness (QED) is 0.566. The van der Waals surface area contributed by atoms with Crippen LogP contribution in [0.4, 0.5) is 4.79 Å². The van der Waals surface area contributed by atoms with E-state index >= 15 is 0 Å². The second-order valence-electron chi connectivity index (χ2n) is 7.11. The van der Waals surface area contributed by atoms with E-state index in [1.165, 1.54) is 4.90 Å². The Morgan fingerprint density at radius 1 is 1.03 bits per heavy atom. The maximum absolute atomic E-state index is 12.1. The molecule has 0 atom stereocenters. The zero-order valence-electron chi connectivity index (χ0n) is 17.4. The number of hydrogen-bond acceptors (Lipinski definition) is 5. The number of nitrogens with one attached hydrogen (secondary N) is 1. The number of rotatable bonds is 10. The first-order valence-electron chi connectivity index (χ1n) is 10.2. The zero-order valence-corrected chi connectivity index (χ0v) is 17.4. The van der Waals surface area contributed by atoms with Gasteiger partial charge >= 0.3 is 12.1 Å². The summed E-state index contributed by atoms with van der Waals surface area (Å²) in [7, 11) is 0. The monoisotopic (exact) mass is 426 g/mol. The highest BCUT2D eigenvalue weighted by molar-refractivity contribution is 5.82. The van der Waals surface area contributed by atoms with Crippen molar-refractivity contribution in [1.82, 2.24) is 10.2 Å². The number of nitrogens with zero attached hydrogens (tertiary/aromatic N) is 1. The van der Waals surface area contributed by atoms with Gasteiger partial charge in [-0.05, 0) is 29.2 Å². The number of carboxylic acids is 1. The molecule has 2 aromatic rings. The number of alkyl carbamates (subject to hydrolysis) is 1. The number of aliphatic carboxylic acids is 1. The van der Waals surface area contributed by atoms with Gasteiger partial charge in [0.05, 0.1) is 6.61 Å².